The van der Waals surface area contributed by atoms with Gasteiger partial charge in [-0.1, -0.05) is 41.9 Å². The zero-order valence-corrected chi connectivity index (χ0v) is 20.2. The molecule has 7 nitrogen and oxygen atoms in total. The molecule has 0 aliphatic heterocycles. The average molecular weight is 504 g/mol. The van der Waals surface area contributed by atoms with Gasteiger partial charge in [0.1, 0.15) is 5.82 Å². The maximum Gasteiger partial charge on any atom is 0.252 e. The maximum absolute atomic E-state index is 15.8. The van der Waals surface area contributed by atoms with Crippen LogP contribution < -0.4 is 16.2 Å². The molecule has 10 heteroatoms. The molecule has 0 aliphatic rings. The first kappa shape index (κ1) is 25.4. The third-order valence-electron chi connectivity index (χ3n) is 4.83. The maximum atomic E-state index is 15.8. The summed E-state index contributed by atoms with van der Waals surface area (Å²) in [6.07, 6.45) is 0. The van der Waals surface area contributed by atoms with Crippen LogP contribution in [0.4, 0.5) is 4.39 Å². The third-order valence-corrected chi connectivity index (χ3v) is 6.88. The van der Waals surface area contributed by atoms with Gasteiger partial charge in [0.25, 0.3) is 5.91 Å². The number of sulfonamides is 1. The van der Waals surface area contributed by atoms with Crippen LogP contribution in [-0.2, 0) is 10.0 Å². The highest BCUT2D eigenvalue weighted by Gasteiger charge is 2.28. The fourth-order valence-corrected chi connectivity index (χ4v) is 5.40. The molecule has 0 bridgehead atoms. The standard InChI is InChI=1S/C24H23ClFN3O4S/c1-24(2,3)29-34(32,33)19-7-5-4-6-14(19)15-10-11-16(21(26)20(15)23(28)31)18-12-13(25)8-9-17(18)22(27)30/h4-12,29H,1-3H3,(H2,27,30)(H2,28,31). The van der Waals surface area contributed by atoms with E-state index in [0.29, 0.717) is 0 Å². The van der Waals surface area contributed by atoms with Crippen molar-refractivity contribution in [3.8, 4) is 22.3 Å². The number of benzene rings is 3. The number of amides is 2. The lowest BCUT2D eigenvalue weighted by Gasteiger charge is -2.22. The lowest BCUT2D eigenvalue weighted by Crippen LogP contribution is -2.40. The van der Waals surface area contributed by atoms with E-state index in [2.05, 4.69) is 4.72 Å². The fraction of sp³-hybridized carbons (Fsp3) is 0.167. The Balaban J connectivity index is 2.32. The Morgan fingerprint density at radius 2 is 1.50 bits per heavy atom. The highest BCUT2D eigenvalue weighted by atomic mass is 35.5. The van der Waals surface area contributed by atoms with Crippen LogP contribution in [0.15, 0.2) is 59.5 Å². The fourth-order valence-electron chi connectivity index (χ4n) is 3.59. The zero-order chi connectivity index (χ0) is 25.4. The number of hydrogen-bond donors (Lipinski definition) is 3. The molecule has 0 atom stereocenters. The predicted molar refractivity (Wildman–Crippen MR) is 129 cm³/mol. The number of nitrogens with two attached hydrogens (primary N) is 2. The molecule has 0 saturated heterocycles. The molecule has 2 amide bonds. The Kier molecular flexibility index (Phi) is 6.84. The number of primary amides is 2. The summed E-state index contributed by atoms with van der Waals surface area (Å²) in [5.74, 6) is -2.97. The van der Waals surface area contributed by atoms with E-state index in [9.17, 15) is 18.0 Å². The smallest absolute Gasteiger partial charge is 0.252 e. The number of rotatable bonds is 6. The van der Waals surface area contributed by atoms with Crippen molar-refractivity contribution in [3.05, 3.63) is 76.6 Å². The van der Waals surface area contributed by atoms with Gasteiger partial charge in [-0.05, 0) is 56.2 Å². The van der Waals surface area contributed by atoms with Gasteiger partial charge in [0.2, 0.25) is 15.9 Å². The molecule has 0 heterocycles. The van der Waals surface area contributed by atoms with Crippen LogP contribution >= 0.6 is 11.6 Å². The first-order chi connectivity index (χ1) is 15.7. The van der Waals surface area contributed by atoms with Gasteiger partial charge >= 0.3 is 0 Å². The number of carbonyl (C=O) groups excluding carboxylic acids is 2. The van der Waals surface area contributed by atoms with Crippen molar-refractivity contribution in [2.24, 2.45) is 11.5 Å². The van der Waals surface area contributed by atoms with Gasteiger partial charge in [-0.15, -0.1) is 0 Å². The minimum Gasteiger partial charge on any atom is -0.366 e. The summed E-state index contributed by atoms with van der Waals surface area (Å²) >= 11 is 6.04. The second kappa shape index (κ2) is 9.17. The minimum absolute atomic E-state index is 0.0103. The highest BCUT2D eigenvalue weighted by Crippen LogP contribution is 2.37. The Morgan fingerprint density at radius 3 is 2.09 bits per heavy atom. The molecule has 34 heavy (non-hydrogen) atoms. The Morgan fingerprint density at radius 1 is 0.882 bits per heavy atom. The largest absolute Gasteiger partial charge is 0.366 e. The SMILES string of the molecule is CC(C)(C)NS(=O)(=O)c1ccccc1-c1ccc(-c2cc(Cl)ccc2C(N)=O)c(F)c1C(N)=O. The van der Waals surface area contributed by atoms with Crippen molar-refractivity contribution in [1.29, 1.82) is 0 Å². The molecule has 5 N–H and O–H groups in total. The molecule has 0 radical (unpaired) electrons. The second-order valence-electron chi connectivity index (χ2n) is 8.62. The van der Waals surface area contributed by atoms with Crippen molar-refractivity contribution >= 4 is 33.4 Å². The van der Waals surface area contributed by atoms with Gasteiger partial charge in [-0.2, -0.15) is 0 Å². The quantitative estimate of drug-likeness (QED) is 0.467. The third kappa shape index (κ3) is 5.11. The van der Waals surface area contributed by atoms with Gasteiger partial charge in [-0.3, -0.25) is 9.59 Å². The summed E-state index contributed by atoms with van der Waals surface area (Å²) in [6, 6.07) is 12.7. The molecule has 0 spiro atoms. The topological polar surface area (TPSA) is 132 Å². The molecule has 178 valence electrons. The van der Waals surface area contributed by atoms with E-state index < -0.39 is 38.8 Å². The van der Waals surface area contributed by atoms with Gasteiger partial charge in [0, 0.05) is 27.3 Å². The van der Waals surface area contributed by atoms with Crippen molar-refractivity contribution in [3.63, 3.8) is 0 Å². The van der Waals surface area contributed by atoms with E-state index in [0.717, 1.165) is 0 Å². The molecule has 0 aliphatic carbocycles. The van der Waals surface area contributed by atoms with E-state index in [1.165, 1.54) is 48.5 Å². The van der Waals surface area contributed by atoms with E-state index in [4.69, 9.17) is 23.1 Å². The number of nitrogens with one attached hydrogen (secondary N) is 1. The van der Waals surface area contributed by atoms with Gasteiger partial charge in [0.05, 0.1) is 10.5 Å². The summed E-state index contributed by atoms with van der Waals surface area (Å²) in [7, 11) is -4.04. The molecule has 0 saturated carbocycles. The van der Waals surface area contributed by atoms with E-state index in [1.54, 1.807) is 26.8 Å². The van der Waals surface area contributed by atoms with Crippen LogP contribution in [0.3, 0.4) is 0 Å². The molecule has 3 aromatic rings. The molecular formula is C24H23ClFN3O4S. The first-order valence-corrected chi connectivity index (χ1v) is 11.9. The summed E-state index contributed by atoms with van der Waals surface area (Å²) in [6.45, 7) is 5.04. The Labute approximate surface area is 202 Å². The molecular weight excluding hydrogens is 481 g/mol. The van der Waals surface area contributed by atoms with Crippen LogP contribution in [0.1, 0.15) is 41.5 Å². The van der Waals surface area contributed by atoms with Crippen LogP contribution in [-0.4, -0.2) is 25.8 Å². The first-order valence-electron chi connectivity index (χ1n) is 10.1. The van der Waals surface area contributed by atoms with Gasteiger partial charge < -0.3 is 11.5 Å². The molecule has 0 aromatic heterocycles. The molecule has 0 fully saturated rings. The molecule has 0 unspecified atom stereocenters. The summed E-state index contributed by atoms with van der Waals surface area (Å²) < 4.78 is 44.4. The lowest BCUT2D eigenvalue weighted by atomic mass is 9.91. The van der Waals surface area contributed by atoms with Crippen molar-refractivity contribution in [2.45, 2.75) is 31.2 Å². The minimum atomic E-state index is -4.04. The van der Waals surface area contributed by atoms with Crippen molar-refractivity contribution < 1.29 is 22.4 Å². The zero-order valence-electron chi connectivity index (χ0n) is 18.6. The van der Waals surface area contributed by atoms with E-state index in [1.807, 2.05) is 0 Å². The van der Waals surface area contributed by atoms with E-state index >= 15 is 4.39 Å². The van der Waals surface area contributed by atoms with Crippen LogP contribution in [0.25, 0.3) is 22.3 Å². The predicted octanol–water partition coefficient (Wildman–Crippen LogP) is 4.09. The average Bonchev–Trinajstić information content (AvgIpc) is 2.71. The number of carbonyl (C=O) groups is 2. The summed E-state index contributed by atoms with van der Waals surface area (Å²) in [5.41, 5.74) is 9.61. The van der Waals surface area contributed by atoms with E-state index in [-0.39, 0.29) is 37.7 Å². The van der Waals surface area contributed by atoms with Crippen LogP contribution in [0.2, 0.25) is 5.02 Å². The Bertz CT molecular complexity index is 1420. The normalized spacial score (nSPS) is 11.9. The number of halogens is 2. The second-order valence-corrected chi connectivity index (χ2v) is 10.7. The van der Waals surface area contributed by atoms with Crippen LogP contribution in [0, 0.1) is 5.82 Å². The number of hydrogen-bond acceptors (Lipinski definition) is 4. The van der Waals surface area contributed by atoms with Gasteiger partial charge in [0.15, 0.2) is 0 Å². The van der Waals surface area contributed by atoms with Crippen molar-refractivity contribution in [1.82, 2.24) is 4.72 Å². The molecule has 3 aromatic carbocycles. The highest BCUT2D eigenvalue weighted by molar-refractivity contribution is 7.89. The monoisotopic (exact) mass is 503 g/mol. The lowest BCUT2D eigenvalue weighted by molar-refractivity contribution is 0.0991. The summed E-state index contributed by atoms with van der Waals surface area (Å²) in [4.78, 5) is 24.1. The van der Waals surface area contributed by atoms with Gasteiger partial charge in [-0.25, -0.2) is 17.5 Å². The van der Waals surface area contributed by atoms with Crippen LogP contribution in [0.5, 0.6) is 0 Å². The summed E-state index contributed by atoms with van der Waals surface area (Å²) in [5, 5.41) is 0.216. The van der Waals surface area contributed by atoms with Crippen molar-refractivity contribution in [2.75, 3.05) is 0 Å². The Hall–Kier alpha value is -3.27. The molecule has 3 rings (SSSR count).